The summed E-state index contributed by atoms with van der Waals surface area (Å²) < 4.78 is 43.5. The van der Waals surface area contributed by atoms with Gasteiger partial charge in [-0.15, -0.1) is 0 Å². The van der Waals surface area contributed by atoms with Crippen LogP contribution in [0.5, 0.6) is 5.75 Å². The van der Waals surface area contributed by atoms with Crippen LogP contribution in [-0.4, -0.2) is 81.6 Å². The molecule has 0 atom stereocenters. The summed E-state index contributed by atoms with van der Waals surface area (Å²) in [5, 5.41) is 19.9. The molecular formula is C26H39F2N3O8. The molecule has 2 aliphatic rings. The van der Waals surface area contributed by atoms with E-state index in [-0.39, 0.29) is 12.2 Å². The van der Waals surface area contributed by atoms with E-state index in [2.05, 4.69) is 0 Å². The van der Waals surface area contributed by atoms with Crippen molar-refractivity contribution < 1.29 is 42.6 Å². The molecule has 220 valence electrons. The minimum Gasteiger partial charge on any atom is -0.484 e. The maximum absolute atomic E-state index is 13.9. The normalized spacial score (nSPS) is 17.2. The van der Waals surface area contributed by atoms with E-state index >= 15 is 0 Å². The van der Waals surface area contributed by atoms with Crippen molar-refractivity contribution in [3.8, 4) is 5.75 Å². The van der Waals surface area contributed by atoms with E-state index in [9.17, 15) is 33.6 Å². The van der Waals surface area contributed by atoms with Gasteiger partial charge in [-0.25, -0.2) is 18.4 Å². The Morgan fingerprint density at radius 3 is 1.62 bits per heavy atom. The number of nitro benzene ring substituents is 1. The number of benzene rings is 1. The molecule has 2 amide bonds. The maximum Gasteiger partial charge on any atom is 0.410 e. The van der Waals surface area contributed by atoms with Crippen molar-refractivity contribution in [3.63, 3.8) is 0 Å². The number of nitro groups is 1. The van der Waals surface area contributed by atoms with Crippen LogP contribution in [0.2, 0.25) is 0 Å². The van der Waals surface area contributed by atoms with E-state index < -0.39 is 51.4 Å². The Balaban J connectivity index is 0.000000322. The number of nitrogens with zero attached hydrogens (tertiary/aromatic N) is 3. The summed E-state index contributed by atoms with van der Waals surface area (Å²) in [4.78, 5) is 36.4. The van der Waals surface area contributed by atoms with Gasteiger partial charge in [-0.05, 0) is 54.4 Å². The standard InChI is InChI=1S/C16H20F2N2O5.C10H19NO3/c1-16(2,3)25-15(21)19-6-4-11(5-7-19)24-14-12(17)8-10(20(22)23)9-13(14)18;1-10(2,3)14-9(13)11-6-4-8(12)5-7-11/h8-9,11H,4-7H2,1-3H3;8,12H,4-7H2,1-3H3. The molecule has 1 N–H and O–H groups in total. The fourth-order valence-electron chi connectivity index (χ4n) is 3.79. The number of ether oxygens (including phenoxy) is 3. The van der Waals surface area contributed by atoms with Gasteiger partial charge in [-0.3, -0.25) is 10.1 Å². The zero-order chi connectivity index (χ0) is 29.5. The van der Waals surface area contributed by atoms with Crippen molar-refractivity contribution in [3.05, 3.63) is 33.9 Å². The Hall–Kier alpha value is -3.22. The Morgan fingerprint density at radius 2 is 1.26 bits per heavy atom. The zero-order valence-electron chi connectivity index (χ0n) is 23.4. The van der Waals surface area contributed by atoms with Gasteiger partial charge in [-0.2, -0.15) is 0 Å². The summed E-state index contributed by atoms with van der Waals surface area (Å²) in [6.45, 7) is 12.7. The third-order valence-electron chi connectivity index (χ3n) is 5.69. The summed E-state index contributed by atoms with van der Waals surface area (Å²) in [5.74, 6) is -2.89. The van der Waals surface area contributed by atoms with Crippen LogP contribution in [0, 0.1) is 21.7 Å². The van der Waals surface area contributed by atoms with E-state index in [1.807, 2.05) is 20.8 Å². The second-order valence-electron chi connectivity index (χ2n) is 11.5. The van der Waals surface area contributed by atoms with Crippen molar-refractivity contribution in [1.82, 2.24) is 9.80 Å². The third-order valence-corrected chi connectivity index (χ3v) is 5.69. The Kier molecular flexibility index (Phi) is 10.8. The Labute approximate surface area is 227 Å². The first-order valence-electron chi connectivity index (χ1n) is 12.9. The number of amides is 2. The van der Waals surface area contributed by atoms with E-state index in [0.29, 0.717) is 64.0 Å². The second kappa shape index (κ2) is 13.2. The smallest absolute Gasteiger partial charge is 0.410 e. The number of aliphatic hydroxyl groups excluding tert-OH is 1. The number of non-ortho nitro benzene ring substituents is 1. The summed E-state index contributed by atoms with van der Waals surface area (Å²) in [6.07, 6.45) is 0.573. The number of halogens is 2. The first-order valence-corrected chi connectivity index (χ1v) is 12.9. The van der Waals surface area contributed by atoms with Crippen LogP contribution in [-0.2, 0) is 9.47 Å². The molecule has 0 aromatic heterocycles. The van der Waals surface area contributed by atoms with Gasteiger partial charge in [0, 0.05) is 39.0 Å². The van der Waals surface area contributed by atoms with Crippen molar-refractivity contribution in [1.29, 1.82) is 0 Å². The van der Waals surface area contributed by atoms with E-state index in [4.69, 9.17) is 14.2 Å². The van der Waals surface area contributed by atoms with Crippen molar-refractivity contribution in [2.24, 2.45) is 0 Å². The van der Waals surface area contributed by atoms with E-state index in [0.717, 1.165) is 0 Å². The first-order chi connectivity index (χ1) is 17.9. The van der Waals surface area contributed by atoms with Crippen molar-refractivity contribution >= 4 is 17.9 Å². The van der Waals surface area contributed by atoms with Gasteiger partial charge in [0.2, 0.25) is 0 Å². The predicted molar refractivity (Wildman–Crippen MR) is 138 cm³/mol. The molecule has 0 aliphatic carbocycles. The van der Waals surface area contributed by atoms with Gasteiger partial charge in [0.15, 0.2) is 17.4 Å². The molecule has 2 aliphatic heterocycles. The summed E-state index contributed by atoms with van der Waals surface area (Å²) in [6, 6.07) is 1.24. The molecule has 2 fully saturated rings. The molecule has 0 unspecified atom stereocenters. The average Bonchev–Trinajstić information content (AvgIpc) is 2.80. The molecule has 11 nitrogen and oxygen atoms in total. The van der Waals surface area contributed by atoms with Crippen molar-refractivity contribution in [2.45, 2.75) is 90.6 Å². The average molecular weight is 560 g/mol. The van der Waals surface area contributed by atoms with Crippen LogP contribution >= 0.6 is 0 Å². The maximum atomic E-state index is 13.9. The molecule has 1 aromatic carbocycles. The molecule has 0 saturated carbocycles. The number of hydrogen-bond acceptors (Lipinski definition) is 8. The molecule has 0 radical (unpaired) electrons. The van der Waals surface area contributed by atoms with E-state index in [1.54, 1.807) is 25.7 Å². The monoisotopic (exact) mass is 559 g/mol. The van der Waals surface area contributed by atoms with Crippen LogP contribution in [0.1, 0.15) is 67.2 Å². The molecular weight excluding hydrogens is 520 g/mol. The second-order valence-corrected chi connectivity index (χ2v) is 11.5. The highest BCUT2D eigenvalue weighted by atomic mass is 19.1. The molecule has 2 saturated heterocycles. The quantitative estimate of drug-likeness (QED) is 0.403. The van der Waals surface area contributed by atoms with Crippen molar-refractivity contribution in [2.75, 3.05) is 26.2 Å². The minimum absolute atomic E-state index is 0.256. The lowest BCUT2D eigenvalue weighted by Crippen LogP contribution is -2.44. The van der Waals surface area contributed by atoms with Crippen LogP contribution in [0.3, 0.4) is 0 Å². The zero-order valence-corrected chi connectivity index (χ0v) is 23.4. The van der Waals surface area contributed by atoms with Gasteiger partial charge in [0.1, 0.15) is 17.3 Å². The SMILES string of the molecule is CC(C)(C)OC(=O)N1CCC(O)CC1.CC(C)(C)OC(=O)N1CCC(Oc2c(F)cc([N+](=O)[O-])cc2F)CC1. The molecule has 0 spiro atoms. The van der Waals surface area contributed by atoms with Crippen LogP contribution in [0.25, 0.3) is 0 Å². The Morgan fingerprint density at radius 1 is 0.872 bits per heavy atom. The molecule has 2 heterocycles. The predicted octanol–water partition coefficient (Wildman–Crippen LogP) is 5.03. The van der Waals surface area contributed by atoms with Crippen LogP contribution in [0.4, 0.5) is 24.1 Å². The summed E-state index contributed by atoms with van der Waals surface area (Å²) in [5.41, 5.74) is -1.72. The topological polar surface area (TPSA) is 132 Å². The lowest BCUT2D eigenvalue weighted by Gasteiger charge is -2.33. The van der Waals surface area contributed by atoms with E-state index in [1.165, 1.54) is 4.90 Å². The minimum atomic E-state index is -1.12. The lowest BCUT2D eigenvalue weighted by atomic mass is 10.1. The largest absolute Gasteiger partial charge is 0.484 e. The van der Waals surface area contributed by atoms with Gasteiger partial charge in [-0.1, -0.05) is 0 Å². The number of hydrogen-bond donors (Lipinski definition) is 1. The number of aliphatic hydroxyl groups is 1. The highest BCUT2D eigenvalue weighted by Gasteiger charge is 2.29. The number of rotatable bonds is 3. The number of likely N-dealkylation sites (tertiary alicyclic amines) is 2. The molecule has 0 bridgehead atoms. The summed E-state index contributed by atoms with van der Waals surface area (Å²) >= 11 is 0. The Bertz CT molecular complexity index is 986. The van der Waals surface area contributed by atoms with Gasteiger partial charge in [0.05, 0.1) is 23.2 Å². The van der Waals surface area contributed by atoms with Crippen LogP contribution in [0.15, 0.2) is 12.1 Å². The number of carbonyl (C=O) groups excluding carboxylic acids is 2. The van der Waals surface area contributed by atoms with Gasteiger partial charge in [0.25, 0.3) is 5.69 Å². The highest BCUT2D eigenvalue weighted by Crippen LogP contribution is 2.29. The molecule has 1 aromatic rings. The highest BCUT2D eigenvalue weighted by molar-refractivity contribution is 5.68. The number of piperidine rings is 2. The van der Waals surface area contributed by atoms with Crippen LogP contribution < -0.4 is 4.74 Å². The molecule has 39 heavy (non-hydrogen) atoms. The third kappa shape index (κ3) is 10.8. The van der Waals surface area contributed by atoms with Gasteiger partial charge < -0.3 is 29.1 Å². The molecule has 13 heteroatoms. The fraction of sp³-hybridized carbons (Fsp3) is 0.692. The lowest BCUT2D eigenvalue weighted by molar-refractivity contribution is -0.385. The molecule has 3 rings (SSSR count). The first kappa shape index (κ1) is 32.0. The fourth-order valence-corrected chi connectivity index (χ4v) is 3.79. The number of carbonyl (C=O) groups is 2. The summed E-state index contributed by atoms with van der Waals surface area (Å²) in [7, 11) is 0. The van der Waals surface area contributed by atoms with Gasteiger partial charge >= 0.3 is 12.2 Å².